The van der Waals surface area contributed by atoms with Gasteiger partial charge in [-0.1, -0.05) is 91.9 Å². The lowest BCUT2D eigenvalue weighted by Gasteiger charge is -2.04. The van der Waals surface area contributed by atoms with Crippen LogP contribution in [0.15, 0.2) is 0 Å². The fourth-order valence-corrected chi connectivity index (χ4v) is 2.61. The van der Waals surface area contributed by atoms with Crippen LogP contribution in [0.4, 0.5) is 0 Å². The van der Waals surface area contributed by atoms with Gasteiger partial charge in [-0.15, -0.1) is 0 Å². The second-order valence-corrected chi connectivity index (χ2v) is 7.18. The molecule has 0 rings (SSSR count). The number of carboxylic acids is 1. The summed E-state index contributed by atoms with van der Waals surface area (Å²) in [6.07, 6.45) is 16.4. The molecule has 0 saturated carbocycles. The maximum Gasteiger partial charge on any atom is 0.306 e. The first-order valence-electron chi connectivity index (χ1n) is 10.9. The molecule has 0 fully saturated rings. The third-order valence-electron chi connectivity index (χ3n) is 4.36. The number of rotatable bonds is 16. The van der Waals surface area contributed by atoms with E-state index in [0.29, 0.717) is 13.0 Å². The van der Waals surface area contributed by atoms with E-state index in [4.69, 9.17) is 9.84 Å². The molecule has 0 amide bonds. The third kappa shape index (κ3) is 22.9. The molecule has 0 spiro atoms. The molecule has 4 nitrogen and oxygen atoms in total. The molecule has 0 saturated heterocycles. The molecule has 0 aliphatic carbocycles. The number of ether oxygens (including phenoxy) is 1. The van der Waals surface area contributed by atoms with Gasteiger partial charge in [-0.2, -0.15) is 0 Å². The summed E-state index contributed by atoms with van der Waals surface area (Å²) < 4.78 is 5.12. The molecular formula is C22H44O4. The number of carboxylic acid groups (broad SMARTS) is 1. The van der Waals surface area contributed by atoms with E-state index in [1.807, 2.05) is 13.8 Å². The van der Waals surface area contributed by atoms with E-state index in [2.05, 4.69) is 6.92 Å². The van der Waals surface area contributed by atoms with E-state index in [1.54, 1.807) is 6.92 Å². The van der Waals surface area contributed by atoms with Crippen molar-refractivity contribution in [2.45, 2.75) is 118 Å². The average molecular weight is 373 g/mol. The van der Waals surface area contributed by atoms with Crippen molar-refractivity contribution in [3.8, 4) is 0 Å². The monoisotopic (exact) mass is 372 g/mol. The largest absolute Gasteiger partial charge is 0.481 e. The van der Waals surface area contributed by atoms with Gasteiger partial charge in [0.2, 0.25) is 0 Å². The highest BCUT2D eigenvalue weighted by Gasteiger charge is 2.07. The summed E-state index contributed by atoms with van der Waals surface area (Å²) in [5.74, 6) is -0.889. The maximum atomic E-state index is 11.1. The van der Waals surface area contributed by atoms with Gasteiger partial charge < -0.3 is 9.84 Å². The highest BCUT2D eigenvalue weighted by Crippen LogP contribution is 2.10. The minimum atomic E-state index is -0.688. The second-order valence-electron chi connectivity index (χ2n) is 7.18. The Morgan fingerprint density at radius 2 is 1.27 bits per heavy atom. The van der Waals surface area contributed by atoms with Gasteiger partial charge in [0.1, 0.15) is 0 Å². The van der Waals surface area contributed by atoms with Crippen LogP contribution in [0, 0.1) is 5.92 Å². The predicted octanol–water partition coefficient (Wildman–Crippen LogP) is 6.76. The minimum Gasteiger partial charge on any atom is -0.481 e. The van der Waals surface area contributed by atoms with Crippen molar-refractivity contribution in [1.29, 1.82) is 0 Å². The van der Waals surface area contributed by atoms with E-state index >= 15 is 0 Å². The summed E-state index contributed by atoms with van der Waals surface area (Å²) in [7, 11) is 0. The summed E-state index contributed by atoms with van der Waals surface area (Å²) in [4.78, 5) is 21.2. The SMILES string of the molecule is CCCC(C)C(=O)O.CCCCCCCCCCCCOC(=O)CCC. The first-order chi connectivity index (χ1) is 12.5. The lowest BCUT2D eigenvalue weighted by Crippen LogP contribution is -2.08. The summed E-state index contributed by atoms with van der Waals surface area (Å²) in [6, 6.07) is 0. The van der Waals surface area contributed by atoms with Crippen LogP contribution in [0.3, 0.4) is 0 Å². The fourth-order valence-electron chi connectivity index (χ4n) is 2.61. The molecule has 0 radical (unpaired) electrons. The van der Waals surface area contributed by atoms with Gasteiger partial charge in [0, 0.05) is 6.42 Å². The van der Waals surface area contributed by atoms with Crippen LogP contribution < -0.4 is 0 Å². The van der Waals surface area contributed by atoms with E-state index in [9.17, 15) is 9.59 Å². The Labute approximate surface area is 162 Å². The quantitative estimate of drug-likeness (QED) is 0.240. The summed E-state index contributed by atoms with van der Waals surface area (Å²) in [5, 5.41) is 8.31. The standard InChI is InChI=1S/C16H32O2.C6H12O2/c1-3-5-6-7-8-9-10-11-12-13-15-18-16(17)14-4-2;1-3-4-5(2)6(7)8/h3-15H2,1-2H3;5H,3-4H2,1-2H3,(H,7,8). The van der Waals surface area contributed by atoms with Crippen molar-refractivity contribution in [2.24, 2.45) is 5.92 Å². The van der Waals surface area contributed by atoms with Gasteiger partial charge in [0.05, 0.1) is 12.5 Å². The average Bonchev–Trinajstić information content (AvgIpc) is 2.60. The maximum absolute atomic E-state index is 11.1. The lowest BCUT2D eigenvalue weighted by atomic mass is 10.1. The van der Waals surface area contributed by atoms with E-state index in [1.165, 1.54) is 57.8 Å². The highest BCUT2D eigenvalue weighted by atomic mass is 16.5. The van der Waals surface area contributed by atoms with Crippen molar-refractivity contribution in [3.05, 3.63) is 0 Å². The minimum absolute atomic E-state index is 0.0339. The number of unbranched alkanes of at least 4 members (excludes halogenated alkanes) is 9. The van der Waals surface area contributed by atoms with Crippen LogP contribution in [0.1, 0.15) is 118 Å². The van der Waals surface area contributed by atoms with Crippen molar-refractivity contribution in [3.63, 3.8) is 0 Å². The number of hydrogen-bond donors (Lipinski definition) is 1. The van der Waals surface area contributed by atoms with Crippen molar-refractivity contribution >= 4 is 11.9 Å². The van der Waals surface area contributed by atoms with Crippen LogP contribution in [0.5, 0.6) is 0 Å². The smallest absolute Gasteiger partial charge is 0.306 e. The Bertz CT molecular complexity index is 315. The van der Waals surface area contributed by atoms with Gasteiger partial charge in [0.15, 0.2) is 0 Å². The fraction of sp³-hybridized carbons (Fsp3) is 0.909. The van der Waals surface area contributed by atoms with E-state index in [0.717, 1.165) is 25.7 Å². The molecule has 0 aromatic heterocycles. The summed E-state index contributed by atoms with van der Waals surface area (Å²) in [6.45, 7) is 8.59. The molecule has 0 heterocycles. The Morgan fingerprint density at radius 1 is 0.769 bits per heavy atom. The molecule has 0 aliphatic heterocycles. The first kappa shape index (κ1) is 27.2. The molecule has 0 bridgehead atoms. The zero-order valence-corrected chi connectivity index (χ0v) is 17.9. The number of hydrogen-bond acceptors (Lipinski definition) is 3. The Balaban J connectivity index is 0. The lowest BCUT2D eigenvalue weighted by molar-refractivity contribution is -0.144. The molecule has 4 heteroatoms. The second kappa shape index (κ2) is 22.0. The van der Waals surface area contributed by atoms with Crippen molar-refractivity contribution in [1.82, 2.24) is 0 Å². The number of esters is 1. The van der Waals surface area contributed by atoms with Gasteiger partial charge in [-0.3, -0.25) is 9.59 Å². The molecule has 1 atom stereocenters. The predicted molar refractivity (Wildman–Crippen MR) is 109 cm³/mol. The van der Waals surface area contributed by atoms with E-state index < -0.39 is 5.97 Å². The van der Waals surface area contributed by atoms with Crippen LogP contribution >= 0.6 is 0 Å². The van der Waals surface area contributed by atoms with Crippen LogP contribution in [0.25, 0.3) is 0 Å². The van der Waals surface area contributed by atoms with E-state index in [-0.39, 0.29) is 11.9 Å². The van der Waals surface area contributed by atoms with Crippen LogP contribution in [-0.4, -0.2) is 23.7 Å². The molecule has 1 unspecified atom stereocenters. The van der Waals surface area contributed by atoms with Crippen molar-refractivity contribution < 1.29 is 19.4 Å². The number of aliphatic carboxylic acids is 1. The highest BCUT2D eigenvalue weighted by molar-refractivity contribution is 5.69. The van der Waals surface area contributed by atoms with Crippen LogP contribution in [0.2, 0.25) is 0 Å². The zero-order valence-electron chi connectivity index (χ0n) is 17.9. The Morgan fingerprint density at radius 3 is 1.65 bits per heavy atom. The zero-order chi connectivity index (χ0) is 20.0. The third-order valence-corrected chi connectivity index (χ3v) is 4.36. The van der Waals surface area contributed by atoms with Gasteiger partial charge in [-0.05, 0) is 19.3 Å². The van der Waals surface area contributed by atoms with Crippen molar-refractivity contribution in [2.75, 3.05) is 6.61 Å². The topological polar surface area (TPSA) is 63.6 Å². The Hall–Kier alpha value is -1.06. The van der Waals surface area contributed by atoms with Gasteiger partial charge in [-0.25, -0.2) is 0 Å². The molecule has 0 aromatic carbocycles. The van der Waals surface area contributed by atoms with Crippen LogP contribution in [-0.2, 0) is 14.3 Å². The molecule has 1 N–H and O–H groups in total. The van der Waals surface area contributed by atoms with Gasteiger partial charge >= 0.3 is 11.9 Å². The molecule has 0 aromatic rings. The Kier molecular flexibility index (Phi) is 23.0. The molecule has 26 heavy (non-hydrogen) atoms. The number of carbonyl (C=O) groups is 2. The molecular weight excluding hydrogens is 328 g/mol. The summed E-state index contributed by atoms with van der Waals surface area (Å²) in [5.41, 5.74) is 0. The summed E-state index contributed by atoms with van der Waals surface area (Å²) >= 11 is 0. The molecule has 0 aliphatic rings. The molecule has 156 valence electrons. The van der Waals surface area contributed by atoms with Gasteiger partial charge in [0.25, 0.3) is 0 Å². The first-order valence-corrected chi connectivity index (χ1v) is 10.9. The normalized spacial score (nSPS) is 11.4. The number of carbonyl (C=O) groups excluding carboxylic acids is 1.